The molecule has 1 radical (unpaired) electrons. The molecule has 1 N–H and O–H groups in total. The van der Waals surface area contributed by atoms with Crippen LogP contribution in [0.25, 0.3) is 0 Å². The van der Waals surface area contributed by atoms with Crippen molar-refractivity contribution >= 4 is 12.3 Å². The first-order valence-corrected chi connectivity index (χ1v) is 2.84. The number of allylic oxidation sites excluding steroid dienone is 1. The van der Waals surface area contributed by atoms with Gasteiger partial charge in [0, 0.05) is 5.57 Å². The lowest BCUT2D eigenvalue weighted by Crippen LogP contribution is -1.99. The van der Waals surface area contributed by atoms with Crippen LogP contribution < -0.4 is 0 Å². The summed E-state index contributed by atoms with van der Waals surface area (Å²) in [6.07, 6.45) is 1.35. The maximum atomic E-state index is 10.1. The summed E-state index contributed by atoms with van der Waals surface area (Å²) in [5.41, 5.74) is 0.935. The van der Waals surface area contributed by atoms with Crippen LogP contribution in [0.5, 0.6) is 0 Å². The zero-order valence-electron chi connectivity index (χ0n) is 5.97. The second kappa shape index (κ2) is 3.82. The summed E-state index contributed by atoms with van der Waals surface area (Å²) in [4.78, 5) is 20.1. The summed E-state index contributed by atoms with van der Waals surface area (Å²) in [5.74, 6) is -1.00. The van der Waals surface area contributed by atoms with Crippen LogP contribution in [-0.2, 0) is 9.59 Å². The summed E-state index contributed by atoms with van der Waals surface area (Å²) in [7, 11) is 0. The third kappa shape index (κ3) is 3.02. The molecule has 0 rings (SSSR count). The number of carbonyl (C=O) groups is 1. The molecule has 0 bridgehead atoms. The first-order chi connectivity index (χ1) is 4.57. The Hall–Kier alpha value is -1.12. The molecule has 3 nitrogen and oxygen atoms in total. The van der Waals surface area contributed by atoms with Gasteiger partial charge in [-0.3, -0.25) is 9.59 Å². The van der Waals surface area contributed by atoms with Crippen molar-refractivity contribution in [2.45, 2.75) is 20.3 Å². The lowest BCUT2D eigenvalue weighted by atomic mass is 10.1. The van der Waals surface area contributed by atoms with Gasteiger partial charge in [0.1, 0.15) is 0 Å². The Balaban J connectivity index is 4.25. The average Bonchev–Trinajstić information content (AvgIpc) is 1.81. The number of rotatable bonds is 3. The number of aliphatic carboxylic acids is 1. The van der Waals surface area contributed by atoms with Crippen molar-refractivity contribution in [3.63, 3.8) is 0 Å². The van der Waals surface area contributed by atoms with Crippen LogP contribution >= 0.6 is 0 Å². The Morgan fingerprint density at radius 3 is 2.10 bits per heavy atom. The second-order valence-corrected chi connectivity index (χ2v) is 2.15. The van der Waals surface area contributed by atoms with Crippen molar-refractivity contribution in [1.29, 1.82) is 0 Å². The topological polar surface area (TPSA) is 54.4 Å². The van der Waals surface area contributed by atoms with Gasteiger partial charge >= 0.3 is 5.97 Å². The predicted molar refractivity (Wildman–Crippen MR) is 36.3 cm³/mol. The Morgan fingerprint density at radius 1 is 1.50 bits per heavy atom. The summed E-state index contributed by atoms with van der Waals surface area (Å²) in [6.45, 7) is 3.37. The summed E-state index contributed by atoms with van der Waals surface area (Å²) in [6, 6.07) is 0. The van der Waals surface area contributed by atoms with Crippen LogP contribution in [0.3, 0.4) is 0 Å². The molecule has 10 heavy (non-hydrogen) atoms. The quantitative estimate of drug-likeness (QED) is 0.594. The lowest BCUT2D eigenvalue weighted by molar-refractivity contribution is -0.136. The Kier molecular flexibility index (Phi) is 3.39. The molecule has 0 amide bonds. The average molecular weight is 141 g/mol. The summed E-state index contributed by atoms with van der Waals surface area (Å²) in [5, 5.41) is 8.25. The smallest absolute Gasteiger partial charge is 0.307 e. The molecular weight excluding hydrogens is 132 g/mol. The molecule has 0 aromatic carbocycles. The first kappa shape index (κ1) is 8.88. The number of hydrogen-bond donors (Lipinski definition) is 1. The van der Waals surface area contributed by atoms with E-state index in [1.165, 1.54) is 0 Å². The Bertz CT molecular complexity index is 175. The van der Waals surface area contributed by atoms with E-state index in [2.05, 4.69) is 0 Å². The zero-order valence-corrected chi connectivity index (χ0v) is 5.97. The number of carboxylic acid groups (broad SMARTS) is 1. The van der Waals surface area contributed by atoms with Gasteiger partial charge in [-0.05, 0) is 13.8 Å². The van der Waals surface area contributed by atoms with Crippen molar-refractivity contribution < 1.29 is 14.7 Å². The molecule has 0 aromatic rings. The molecule has 0 unspecified atom stereocenters. The van der Waals surface area contributed by atoms with E-state index in [0.29, 0.717) is 5.57 Å². The summed E-state index contributed by atoms with van der Waals surface area (Å²) >= 11 is 0. The fourth-order valence-corrected chi connectivity index (χ4v) is 0.466. The molecule has 0 saturated heterocycles. The van der Waals surface area contributed by atoms with E-state index in [-0.39, 0.29) is 12.0 Å². The molecule has 0 aliphatic carbocycles. The predicted octanol–water partition coefficient (Wildman–Crippen LogP) is 0.907. The van der Waals surface area contributed by atoms with E-state index in [9.17, 15) is 9.59 Å². The fraction of sp³-hybridized carbons (Fsp3) is 0.429. The zero-order chi connectivity index (χ0) is 8.15. The minimum absolute atomic E-state index is 0.229. The molecule has 55 valence electrons. The molecule has 3 heteroatoms. The lowest BCUT2D eigenvalue weighted by Gasteiger charge is -1.94. The molecule has 0 fully saturated rings. The van der Waals surface area contributed by atoms with Gasteiger partial charge in [-0.2, -0.15) is 0 Å². The van der Waals surface area contributed by atoms with Gasteiger partial charge in [-0.1, -0.05) is 5.57 Å². The second-order valence-electron chi connectivity index (χ2n) is 2.15. The Morgan fingerprint density at radius 2 is 2.00 bits per heavy atom. The minimum atomic E-state index is -1.00. The SMILES string of the molecule is CC(C)=C([C]=O)CC(=O)O. The molecular formula is C7H9O3. The van der Waals surface area contributed by atoms with Gasteiger partial charge in [0.15, 0.2) is 0 Å². The fourth-order valence-electron chi connectivity index (χ4n) is 0.466. The number of carboxylic acids is 1. The van der Waals surface area contributed by atoms with Crippen molar-refractivity contribution in [3.8, 4) is 0 Å². The van der Waals surface area contributed by atoms with Gasteiger partial charge < -0.3 is 5.11 Å². The van der Waals surface area contributed by atoms with Crippen LogP contribution in [-0.4, -0.2) is 17.4 Å². The largest absolute Gasteiger partial charge is 0.481 e. The van der Waals surface area contributed by atoms with Crippen LogP contribution in [0.2, 0.25) is 0 Å². The third-order valence-electron chi connectivity index (χ3n) is 1.05. The van der Waals surface area contributed by atoms with Crippen molar-refractivity contribution in [3.05, 3.63) is 11.1 Å². The van der Waals surface area contributed by atoms with Gasteiger partial charge in [-0.25, -0.2) is 0 Å². The Labute approximate surface area is 59.4 Å². The number of hydrogen-bond acceptors (Lipinski definition) is 2. The first-order valence-electron chi connectivity index (χ1n) is 2.84. The van der Waals surface area contributed by atoms with Crippen LogP contribution in [0.15, 0.2) is 11.1 Å². The molecule has 0 aromatic heterocycles. The minimum Gasteiger partial charge on any atom is -0.481 e. The van der Waals surface area contributed by atoms with E-state index in [4.69, 9.17) is 5.11 Å². The van der Waals surface area contributed by atoms with Gasteiger partial charge in [-0.15, -0.1) is 0 Å². The number of carbonyl (C=O) groups excluding carboxylic acids is 1. The highest BCUT2D eigenvalue weighted by Crippen LogP contribution is 2.04. The third-order valence-corrected chi connectivity index (χ3v) is 1.05. The van der Waals surface area contributed by atoms with Gasteiger partial charge in [0.05, 0.1) is 6.42 Å². The molecule has 0 saturated carbocycles. The van der Waals surface area contributed by atoms with E-state index in [1.54, 1.807) is 20.1 Å². The van der Waals surface area contributed by atoms with E-state index in [0.717, 1.165) is 0 Å². The molecule has 0 atom stereocenters. The maximum Gasteiger partial charge on any atom is 0.307 e. The molecule has 0 spiro atoms. The highest BCUT2D eigenvalue weighted by molar-refractivity contribution is 5.84. The van der Waals surface area contributed by atoms with Crippen molar-refractivity contribution in [2.24, 2.45) is 0 Å². The van der Waals surface area contributed by atoms with E-state index in [1.807, 2.05) is 0 Å². The van der Waals surface area contributed by atoms with Gasteiger partial charge in [0.2, 0.25) is 6.29 Å². The normalized spacial score (nSPS) is 8.60. The van der Waals surface area contributed by atoms with Crippen LogP contribution in [0, 0.1) is 0 Å². The van der Waals surface area contributed by atoms with Crippen LogP contribution in [0.1, 0.15) is 20.3 Å². The molecule has 0 aliphatic rings. The highest BCUT2D eigenvalue weighted by atomic mass is 16.4. The molecule has 0 heterocycles. The molecule has 0 aliphatic heterocycles. The van der Waals surface area contributed by atoms with E-state index >= 15 is 0 Å². The van der Waals surface area contributed by atoms with E-state index < -0.39 is 5.97 Å². The van der Waals surface area contributed by atoms with Crippen molar-refractivity contribution in [1.82, 2.24) is 0 Å². The monoisotopic (exact) mass is 141 g/mol. The highest BCUT2D eigenvalue weighted by Gasteiger charge is 2.04. The van der Waals surface area contributed by atoms with Gasteiger partial charge in [0.25, 0.3) is 0 Å². The van der Waals surface area contributed by atoms with Crippen LogP contribution in [0.4, 0.5) is 0 Å². The maximum absolute atomic E-state index is 10.1. The standard InChI is InChI=1S/C7H9O3/c1-5(2)6(4-8)3-7(9)10/h3H2,1-2H3,(H,9,10). The van der Waals surface area contributed by atoms with Crippen molar-refractivity contribution in [2.75, 3.05) is 0 Å². The summed E-state index contributed by atoms with van der Waals surface area (Å²) < 4.78 is 0.